The molecule has 8 nitrogen and oxygen atoms in total. The number of rotatable bonds is 7. The van der Waals surface area contributed by atoms with E-state index in [4.69, 9.17) is 9.84 Å². The van der Waals surface area contributed by atoms with Gasteiger partial charge < -0.3 is 15.4 Å². The highest BCUT2D eigenvalue weighted by Crippen LogP contribution is 2.37. The second-order valence-electron chi connectivity index (χ2n) is 8.08. The van der Waals surface area contributed by atoms with E-state index in [0.717, 1.165) is 5.56 Å². The number of thioether (sulfide) groups is 1. The number of benzene rings is 2. The number of pyridine rings is 1. The molecule has 0 saturated carbocycles. The summed E-state index contributed by atoms with van der Waals surface area (Å²) in [5, 5.41) is 11.3. The van der Waals surface area contributed by atoms with Crippen molar-refractivity contribution in [2.24, 2.45) is 0 Å². The minimum absolute atomic E-state index is 0.268. The van der Waals surface area contributed by atoms with Crippen molar-refractivity contribution in [2.45, 2.75) is 23.9 Å². The molecule has 1 amide bonds. The van der Waals surface area contributed by atoms with Crippen molar-refractivity contribution in [1.29, 1.82) is 0 Å². The maximum absolute atomic E-state index is 14.1. The Morgan fingerprint density at radius 3 is 2.69 bits per heavy atom. The molecule has 36 heavy (non-hydrogen) atoms. The van der Waals surface area contributed by atoms with Crippen molar-refractivity contribution in [3.8, 4) is 5.75 Å². The number of hydrogen-bond acceptors (Lipinski definition) is 7. The van der Waals surface area contributed by atoms with Crippen LogP contribution in [0, 0.1) is 5.82 Å². The highest BCUT2D eigenvalue weighted by atomic mass is 32.2. The number of nitrogens with zero attached hydrogens (tertiary/aromatic N) is 4. The third kappa shape index (κ3) is 4.80. The Morgan fingerprint density at radius 2 is 1.97 bits per heavy atom. The van der Waals surface area contributed by atoms with Gasteiger partial charge in [0.2, 0.25) is 11.1 Å². The number of hydrogen-bond donors (Lipinski definition) is 2. The van der Waals surface area contributed by atoms with E-state index in [0.29, 0.717) is 45.1 Å². The normalized spacial score (nSPS) is 14.7. The Morgan fingerprint density at radius 1 is 1.17 bits per heavy atom. The van der Waals surface area contributed by atoms with Gasteiger partial charge in [-0.2, -0.15) is 4.98 Å². The van der Waals surface area contributed by atoms with Crippen LogP contribution in [0.4, 0.5) is 16.0 Å². The van der Waals surface area contributed by atoms with Crippen LogP contribution in [0.3, 0.4) is 0 Å². The lowest BCUT2D eigenvalue weighted by atomic mass is 9.95. The lowest BCUT2D eigenvalue weighted by Gasteiger charge is -2.28. The summed E-state index contributed by atoms with van der Waals surface area (Å²) in [5.41, 5.74) is 3.14. The van der Waals surface area contributed by atoms with Crippen LogP contribution in [0.1, 0.15) is 24.1 Å². The molecule has 1 aliphatic heterocycles. The van der Waals surface area contributed by atoms with Crippen LogP contribution >= 0.6 is 11.8 Å². The monoisotopic (exact) mass is 502 g/mol. The van der Waals surface area contributed by atoms with Crippen molar-refractivity contribution in [1.82, 2.24) is 19.7 Å². The van der Waals surface area contributed by atoms with Crippen molar-refractivity contribution >= 4 is 29.3 Å². The standard InChI is InChI=1S/C26H23FN6O2S/c1-16-22(24(34)30-19-7-5-13-28-14-19)23(17-9-11-20(35-2)12-10-17)33-25(29-16)31-26(32-33)36-15-18-6-3-4-8-21(18)27/h3-14,23H,15H2,1-2H3,(H,30,34)(H,29,31,32). The molecule has 2 aromatic carbocycles. The number of anilines is 2. The minimum atomic E-state index is -0.542. The topological polar surface area (TPSA) is 94.0 Å². The number of ether oxygens (including phenoxy) is 1. The number of halogens is 1. The van der Waals surface area contributed by atoms with E-state index in [1.165, 1.54) is 17.8 Å². The van der Waals surface area contributed by atoms with Gasteiger partial charge in [0.1, 0.15) is 17.6 Å². The molecular weight excluding hydrogens is 479 g/mol. The van der Waals surface area contributed by atoms with Crippen LogP contribution in [0.25, 0.3) is 0 Å². The Bertz CT molecular complexity index is 1420. The molecule has 2 N–H and O–H groups in total. The molecule has 0 bridgehead atoms. The number of carbonyl (C=O) groups is 1. The summed E-state index contributed by atoms with van der Waals surface area (Å²) in [7, 11) is 1.60. The van der Waals surface area contributed by atoms with Gasteiger partial charge in [0.25, 0.3) is 5.91 Å². The minimum Gasteiger partial charge on any atom is -0.497 e. The number of fused-ring (bicyclic) bond motifs is 1. The second-order valence-corrected chi connectivity index (χ2v) is 9.02. The fourth-order valence-corrected chi connectivity index (χ4v) is 4.79. The quantitative estimate of drug-likeness (QED) is 0.342. The summed E-state index contributed by atoms with van der Waals surface area (Å²) >= 11 is 1.33. The largest absolute Gasteiger partial charge is 0.497 e. The van der Waals surface area contributed by atoms with Crippen molar-refractivity contribution in [3.05, 3.63) is 101 Å². The van der Waals surface area contributed by atoms with Gasteiger partial charge in [-0.05, 0) is 48.4 Å². The van der Waals surface area contributed by atoms with E-state index in [-0.39, 0.29) is 11.7 Å². The van der Waals surface area contributed by atoms with Crippen LogP contribution in [-0.2, 0) is 10.5 Å². The van der Waals surface area contributed by atoms with Gasteiger partial charge in [-0.25, -0.2) is 9.07 Å². The maximum Gasteiger partial charge on any atom is 0.255 e. The zero-order valence-corrected chi connectivity index (χ0v) is 20.4. The molecule has 0 fully saturated rings. The summed E-state index contributed by atoms with van der Waals surface area (Å²) < 4.78 is 21.1. The average Bonchev–Trinajstić information content (AvgIpc) is 3.30. The number of methoxy groups -OCH3 is 1. The van der Waals surface area contributed by atoms with Gasteiger partial charge in [-0.1, -0.05) is 42.1 Å². The fourth-order valence-electron chi connectivity index (χ4n) is 3.97. The number of nitrogens with one attached hydrogen (secondary N) is 2. The van der Waals surface area contributed by atoms with Crippen LogP contribution in [-0.4, -0.2) is 32.8 Å². The smallest absolute Gasteiger partial charge is 0.255 e. The van der Waals surface area contributed by atoms with Gasteiger partial charge in [0.15, 0.2) is 0 Å². The fraction of sp³-hybridized carbons (Fsp3) is 0.154. The molecule has 0 aliphatic carbocycles. The predicted molar refractivity (Wildman–Crippen MR) is 136 cm³/mol. The van der Waals surface area contributed by atoms with Crippen molar-refractivity contribution < 1.29 is 13.9 Å². The molecule has 1 atom stereocenters. The third-order valence-electron chi connectivity index (χ3n) is 5.74. The van der Waals surface area contributed by atoms with Crippen molar-refractivity contribution in [2.75, 3.05) is 17.7 Å². The molecule has 5 rings (SSSR count). The highest BCUT2D eigenvalue weighted by Gasteiger charge is 2.34. The maximum atomic E-state index is 14.1. The number of allylic oxidation sites excluding steroid dienone is 1. The van der Waals surface area contributed by atoms with Gasteiger partial charge in [0, 0.05) is 17.6 Å². The first-order valence-electron chi connectivity index (χ1n) is 11.2. The molecule has 1 unspecified atom stereocenters. The van der Waals surface area contributed by atoms with Gasteiger partial charge in [-0.3, -0.25) is 9.78 Å². The van der Waals surface area contributed by atoms with E-state index < -0.39 is 6.04 Å². The number of carbonyl (C=O) groups excluding carboxylic acids is 1. The Balaban J connectivity index is 1.49. The van der Waals surface area contributed by atoms with Crippen LogP contribution < -0.4 is 15.4 Å². The van der Waals surface area contributed by atoms with E-state index >= 15 is 0 Å². The molecule has 0 radical (unpaired) electrons. The molecule has 182 valence electrons. The molecular formula is C26H23FN6O2S. The number of aromatic nitrogens is 4. The molecule has 3 heterocycles. The molecule has 2 aromatic heterocycles. The summed E-state index contributed by atoms with van der Waals surface area (Å²) in [6.07, 6.45) is 3.23. The van der Waals surface area contributed by atoms with Crippen LogP contribution in [0.5, 0.6) is 5.75 Å². The summed E-state index contributed by atoms with van der Waals surface area (Å²) in [6, 6.07) is 17.1. The molecule has 0 saturated heterocycles. The summed E-state index contributed by atoms with van der Waals surface area (Å²) in [5.74, 6) is 1.03. The van der Waals surface area contributed by atoms with E-state index in [1.807, 2.05) is 31.2 Å². The van der Waals surface area contributed by atoms with Crippen LogP contribution in [0.15, 0.2) is 89.5 Å². The molecule has 0 spiro atoms. The third-order valence-corrected chi connectivity index (χ3v) is 6.63. The number of amides is 1. The first-order valence-corrected chi connectivity index (χ1v) is 12.2. The van der Waals surface area contributed by atoms with E-state index in [1.54, 1.807) is 54.5 Å². The molecule has 10 heteroatoms. The molecule has 1 aliphatic rings. The first kappa shape index (κ1) is 23.6. The lowest BCUT2D eigenvalue weighted by Crippen LogP contribution is -2.31. The Kier molecular flexibility index (Phi) is 6.68. The first-order chi connectivity index (χ1) is 17.5. The van der Waals surface area contributed by atoms with Crippen molar-refractivity contribution in [3.63, 3.8) is 0 Å². The second kappa shape index (κ2) is 10.2. The Labute approximate surface area is 211 Å². The average molecular weight is 503 g/mol. The highest BCUT2D eigenvalue weighted by molar-refractivity contribution is 7.98. The van der Waals surface area contributed by atoms with Crippen LogP contribution in [0.2, 0.25) is 0 Å². The van der Waals surface area contributed by atoms with E-state index in [9.17, 15) is 9.18 Å². The zero-order chi connectivity index (χ0) is 25.1. The van der Waals surface area contributed by atoms with Gasteiger partial charge in [0.05, 0.1) is 24.6 Å². The molecule has 4 aromatic rings. The summed E-state index contributed by atoms with van der Waals surface area (Å²) in [6.45, 7) is 1.83. The lowest BCUT2D eigenvalue weighted by molar-refractivity contribution is -0.113. The zero-order valence-electron chi connectivity index (χ0n) is 19.6. The SMILES string of the molecule is COc1ccc(C2C(C(=O)Nc3cccnc3)=C(C)Nc3nc(SCc4ccccc4F)nn32)cc1. The van der Waals surface area contributed by atoms with Gasteiger partial charge in [-0.15, -0.1) is 5.10 Å². The summed E-state index contributed by atoms with van der Waals surface area (Å²) in [4.78, 5) is 22.2. The predicted octanol–water partition coefficient (Wildman–Crippen LogP) is 5.04. The van der Waals surface area contributed by atoms with E-state index in [2.05, 4.69) is 20.6 Å². The van der Waals surface area contributed by atoms with Gasteiger partial charge >= 0.3 is 0 Å². The Hall–Kier alpha value is -4.18.